The summed E-state index contributed by atoms with van der Waals surface area (Å²) < 4.78 is 0. The number of rotatable bonds is 5. The first-order valence-corrected chi connectivity index (χ1v) is 12.3. The molecule has 0 aromatic carbocycles. The predicted octanol–water partition coefficient (Wildman–Crippen LogP) is 6.61. The molecule has 0 amide bonds. The number of hydrogen-bond acceptors (Lipinski definition) is 2. The van der Waals surface area contributed by atoms with Crippen molar-refractivity contribution < 1.29 is 10.2 Å². The average Bonchev–Trinajstić information content (AvgIpc) is 3.04. The molecule has 3 aliphatic carbocycles. The van der Waals surface area contributed by atoms with Crippen molar-refractivity contribution in [3.8, 4) is 0 Å². The highest BCUT2D eigenvalue weighted by molar-refractivity contribution is 5.38. The van der Waals surface area contributed by atoms with Crippen LogP contribution in [0.25, 0.3) is 0 Å². The van der Waals surface area contributed by atoms with Crippen molar-refractivity contribution in [2.24, 2.45) is 35.0 Å². The summed E-state index contributed by atoms with van der Waals surface area (Å²) in [6.07, 6.45) is 15.8. The van der Waals surface area contributed by atoms with E-state index in [1.165, 1.54) is 32.1 Å². The molecule has 0 aromatic rings. The molecule has 0 unspecified atom stereocenters. The smallest absolute Gasteiger partial charge is 0.0811 e. The monoisotopic (exact) mass is 412 g/mol. The van der Waals surface area contributed by atoms with E-state index in [1.54, 1.807) is 5.57 Å². The second-order valence-corrected chi connectivity index (χ2v) is 11.0. The van der Waals surface area contributed by atoms with Crippen molar-refractivity contribution in [3.63, 3.8) is 0 Å². The Hall–Kier alpha value is -1.12. The maximum Gasteiger partial charge on any atom is 0.0811 e. The average molecular weight is 413 g/mol. The number of hydrogen-bond donors (Lipinski definition) is 2. The van der Waals surface area contributed by atoms with E-state index in [-0.39, 0.29) is 0 Å². The zero-order valence-corrected chi connectivity index (χ0v) is 19.9. The number of aliphatic hydroxyl groups excluding tert-OH is 2. The van der Waals surface area contributed by atoms with Gasteiger partial charge in [0, 0.05) is 6.42 Å². The Bertz CT molecular complexity index is 712. The van der Waals surface area contributed by atoms with E-state index in [9.17, 15) is 10.2 Å². The molecule has 0 heterocycles. The fraction of sp³-hybridized carbons (Fsp3) is 0.714. The lowest BCUT2D eigenvalue weighted by molar-refractivity contribution is 0.0862. The Morgan fingerprint density at radius 2 is 1.80 bits per heavy atom. The standard InChI is InChI=1S/C28H44O2/c1-18(2)19(3)9-10-20(4)25-13-14-26-22(8-7-15-28(25,26)6)11-12-23-16-24(29)17-27(30)21(23)5/h9-12,18-20,24-27,29-30H,5,7-8,13-17H2,1-4,6H3/b10-9+,22-11-,23-12-/t19-,20-,24-,25+,26+,27+,28-/m1/s1. The second kappa shape index (κ2) is 9.57. The largest absolute Gasteiger partial charge is 0.393 e. The predicted molar refractivity (Wildman–Crippen MR) is 127 cm³/mol. The molecule has 7 atom stereocenters. The van der Waals surface area contributed by atoms with Gasteiger partial charge in [-0.1, -0.05) is 71.1 Å². The van der Waals surface area contributed by atoms with E-state index in [4.69, 9.17) is 0 Å². The van der Waals surface area contributed by atoms with Gasteiger partial charge < -0.3 is 10.2 Å². The zero-order chi connectivity index (χ0) is 22.1. The van der Waals surface area contributed by atoms with Gasteiger partial charge in [0.2, 0.25) is 0 Å². The Morgan fingerprint density at radius 1 is 1.07 bits per heavy atom. The molecular weight excluding hydrogens is 368 g/mol. The molecule has 3 aliphatic rings. The minimum Gasteiger partial charge on any atom is -0.393 e. The quantitative estimate of drug-likeness (QED) is 0.499. The van der Waals surface area contributed by atoms with Crippen LogP contribution in [0.1, 0.15) is 79.6 Å². The van der Waals surface area contributed by atoms with Crippen LogP contribution in [0.15, 0.2) is 47.6 Å². The van der Waals surface area contributed by atoms with Gasteiger partial charge in [0.1, 0.15) is 0 Å². The van der Waals surface area contributed by atoms with Gasteiger partial charge in [-0.25, -0.2) is 0 Å². The van der Waals surface area contributed by atoms with Gasteiger partial charge in [-0.3, -0.25) is 0 Å². The summed E-state index contributed by atoms with van der Waals surface area (Å²) in [5.74, 6) is 3.38. The van der Waals surface area contributed by atoms with Gasteiger partial charge in [-0.2, -0.15) is 0 Å². The van der Waals surface area contributed by atoms with Gasteiger partial charge in [-0.15, -0.1) is 0 Å². The summed E-state index contributed by atoms with van der Waals surface area (Å²) in [4.78, 5) is 0. The van der Waals surface area contributed by atoms with Gasteiger partial charge >= 0.3 is 0 Å². The van der Waals surface area contributed by atoms with E-state index in [0.717, 1.165) is 17.1 Å². The lowest BCUT2D eigenvalue weighted by Crippen LogP contribution is -2.35. The lowest BCUT2D eigenvalue weighted by atomic mass is 9.61. The summed E-state index contributed by atoms with van der Waals surface area (Å²) in [5, 5.41) is 20.2. The molecule has 0 bridgehead atoms. The molecule has 0 saturated heterocycles. The lowest BCUT2D eigenvalue weighted by Gasteiger charge is -2.44. The van der Waals surface area contributed by atoms with E-state index < -0.39 is 12.2 Å². The highest BCUT2D eigenvalue weighted by Crippen LogP contribution is 2.59. The number of fused-ring (bicyclic) bond motifs is 1. The van der Waals surface area contributed by atoms with Gasteiger partial charge in [-0.05, 0) is 84.7 Å². The molecule has 168 valence electrons. The highest BCUT2D eigenvalue weighted by atomic mass is 16.3. The molecule has 0 aliphatic heterocycles. The molecule has 0 radical (unpaired) electrons. The molecule has 3 saturated carbocycles. The molecule has 0 aromatic heterocycles. The number of aliphatic hydroxyl groups is 2. The van der Waals surface area contributed by atoms with Crippen LogP contribution in [0.2, 0.25) is 0 Å². The highest BCUT2D eigenvalue weighted by Gasteiger charge is 2.50. The molecule has 0 spiro atoms. The van der Waals surface area contributed by atoms with Crippen molar-refractivity contribution >= 4 is 0 Å². The number of allylic oxidation sites excluding steroid dienone is 5. The van der Waals surface area contributed by atoms with Crippen molar-refractivity contribution in [2.45, 2.75) is 91.8 Å². The van der Waals surface area contributed by atoms with Crippen LogP contribution >= 0.6 is 0 Å². The molecule has 3 fully saturated rings. The van der Waals surface area contributed by atoms with Crippen LogP contribution in [-0.4, -0.2) is 22.4 Å². The van der Waals surface area contributed by atoms with Crippen molar-refractivity contribution in [1.82, 2.24) is 0 Å². The third kappa shape index (κ3) is 4.86. The SMILES string of the molecule is C=C1/C(=C\C=C2\CCC[C@@]3(C)[C@H]2CC[C@H]3[C@H](C)/C=C/[C@@H](C)C(C)C)C[C@@H](O)C[C@@H]1O. The van der Waals surface area contributed by atoms with Crippen LogP contribution in [0.4, 0.5) is 0 Å². The second-order valence-electron chi connectivity index (χ2n) is 11.0. The third-order valence-electron chi connectivity index (χ3n) is 8.71. The maximum absolute atomic E-state index is 10.1. The van der Waals surface area contributed by atoms with Crippen LogP contribution in [0, 0.1) is 35.0 Å². The normalized spacial score (nSPS) is 39.8. The maximum atomic E-state index is 10.1. The Morgan fingerprint density at radius 3 is 2.50 bits per heavy atom. The van der Waals surface area contributed by atoms with E-state index in [1.807, 2.05) is 0 Å². The molecule has 3 rings (SSSR count). The fourth-order valence-electron chi connectivity index (χ4n) is 6.32. The molecular formula is C28H44O2. The van der Waals surface area contributed by atoms with Crippen LogP contribution in [0.3, 0.4) is 0 Å². The minimum atomic E-state index is -0.605. The summed E-state index contributed by atoms with van der Waals surface area (Å²) in [6.45, 7) is 16.0. The van der Waals surface area contributed by atoms with Crippen LogP contribution in [-0.2, 0) is 0 Å². The summed E-state index contributed by atoms with van der Waals surface area (Å²) in [7, 11) is 0. The first-order chi connectivity index (χ1) is 14.1. The van der Waals surface area contributed by atoms with Crippen LogP contribution in [0.5, 0.6) is 0 Å². The minimum absolute atomic E-state index is 0.385. The van der Waals surface area contributed by atoms with Crippen molar-refractivity contribution in [1.29, 1.82) is 0 Å². The third-order valence-corrected chi connectivity index (χ3v) is 8.71. The Labute approximate surface area is 184 Å². The topological polar surface area (TPSA) is 40.5 Å². The van der Waals surface area contributed by atoms with E-state index in [2.05, 4.69) is 65.5 Å². The fourth-order valence-corrected chi connectivity index (χ4v) is 6.32. The zero-order valence-electron chi connectivity index (χ0n) is 19.9. The van der Waals surface area contributed by atoms with Gasteiger partial charge in [0.25, 0.3) is 0 Å². The molecule has 2 heteroatoms. The van der Waals surface area contributed by atoms with Crippen LogP contribution < -0.4 is 0 Å². The first kappa shape index (κ1) is 23.5. The van der Waals surface area contributed by atoms with Crippen molar-refractivity contribution in [3.05, 3.63) is 47.6 Å². The van der Waals surface area contributed by atoms with Crippen molar-refractivity contribution in [2.75, 3.05) is 0 Å². The summed E-state index contributed by atoms with van der Waals surface area (Å²) in [6, 6.07) is 0. The molecule has 2 nitrogen and oxygen atoms in total. The molecule has 30 heavy (non-hydrogen) atoms. The Kier molecular flexibility index (Phi) is 7.51. The first-order valence-electron chi connectivity index (χ1n) is 12.3. The van der Waals surface area contributed by atoms with E-state index in [0.29, 0.717) is 41.9 Å². The van der Waals surface area contributed by atoms with Gasteiger partial charge in [0.05, 0.1) is 12.2 Å². The molecule has 2 N–H and O–H groups in total. The summed E-state index contributed by atoms with van der Waals surface area (Å²) in [5.41, 5.74) is 3.77. The van der Waals surface area contributed by atoms with Gasteiger partial charge in [0.15, 0.2) is 0 Å². The summed E-state index contributed by atoms with van der Waals surface area (Å²) >= 11 is 0. The van der Waals surface area contributed by atoms with E-state index >= 15 is 0 Å². The Balaban J connectivity index is 1.76.